The molecule has 7 heteroatoms. The molecular weight excluding hydrogens is 328 g/mol. The molecule has 6 nitrogen and oxygen atoms in total. The lowest BCUT2D eigenvalue weighted by Crippen LogP contribution is -2.38. The van der Waals surface area contributed by atoms with Crippen LogP contribution in [0.1, 0.15) is 28.9 Å². The fourth-order valence-electron chi connectivity index (χ4n) is 3.00. The van der Waals surface area contributed by atoms with Crippen LogP contribution in [0.15, 0.2) is 29.6 Å². The van der Waals surface area contributed by atoms with E-state index in [0.717, 1.165) is 30.5 Å². The topological polar surface area (TPSA) is 90.7 Å². The van der Waals surface area contributed by atoms with Gasteiger partial charge in [-0.2, -0.15) is 0 Å². The van der Waals surface area contributed by atoms with E-state index in [1.807, 2.05) is 24.3 Å². The number of carboxylic acids is 2. The van der Waals surface area contributed by atoms with Crippen LogP contribution < -0.4 is 0 Å². The zero-order valence-electron chi connectivity index (χ0n) is 13.0. The Kier molecular flexibility index (Phi) is 4.92. The Hall–Kier alpha value is -2.25. The molecule has 2 N–H and O–H groups in total. The number of benzene rings is 1. The van der Waals surface area contributed by atoms with Crippen molar-refractivity contribution in [3.05, 3.63) is 40.9 Å². The van der Waals surface area contributed by atoms with Crippen molar-refractivity contribution in [1.82, 2.24) is 9.88 Å². The molecule has 0 saturated carbocycles. The molecule has 0 radical (unpaired) electrons. The quantitative estimate of drug-likeness (QED) is 0.865. The molecule has 0 bridgehead atoms. The van der Waals surface area contributed by atoms with Crippen LogP contribution >= 0.6 is 11.3 Å². The maximum atomic E-state index is 11.2. The minimum atomic E-state index is -1.03. The Morgan fingerprint density at radius 3 is 2.79 bits per heavy atom. The van der Waals surface area contributed by atoms with Gasteiger partial charge in [0.2, 0.25) is 0 Å². The van der Waals surface area contributed by atoms with E-state index in [-0.39, 0.29) is 11.6 Å². The van der Waals surface area contributed by atoms with Crippen molar-refractivity contribution >= 4 is 23.3 Å². The molecule has 3 rings (SSSR count). The van der Waals surface area contributed by atoms with E-state index in [1.165, 1.54) is 16.7 Å². The van der Waals surface area contributed by atoms with Crippen molar-refractivity contribution in [2.45, 2.75) is 19.4 Å². The van der Waals surface area contributed by atoms with Crippen molar-refractivity contribution in [3.63, 3.8) is 0 Å². The molecule has 1 aromatic carbocycles. The van der Waals surface area contributed by atoms with Crippen molar-refractivity contribution in [1.29, 1.82) is 0 Å². The van der Waals surface area contributed by atoms with Crippen molar-refractivity contribution < 1.29 is 19.8 Å². The number of piperidine rings is 1. The molecule has 0 spiro atoms. The molecule has 1 fully saturated rings. The lowest BCUT2D eigenvalue weighted by atomic mass is 9.97. The first-order valence-corrected chi connectivity index (χ1v) is 8.65. The number of nitrogens with zero attached hydrogens (tertiary/aromatic N) is 2. The number of rotatable bonds is 5. The lowest BCUT2D eigenvalue weighted by Gasteiger charge is -2.31. The summed E-state index contributed by atoms with van der Waals surface area (Å²) in [6.07, 6.45) is 1.60. The molecule has 0 aliphatic carbocycles. The largest absolute Gasteiger partial charge is 0.481 e. The van der Waals surface area contributed by atoms with E-state index >= 15 is 0 Å². The van der Waals surface area contributed by atoms with E-state index < -0.39 is 11.9 Å². The van der Waals surface area contributed by atoms with Crippen molar-refractivity contribution in [2.75, 3.05) is 13.1 Å². The first-order valence-electron chi connectivity index (χ1n) is 7.77. The molecule has 126 valence electrons. The number of hydrogen-bond donors (Lipinski definition) is 2. The van der Waals surface area contributed by atoms with Gasteiger partial charge in [-0.1, -0.05) is 24.3 Å². The van der Waals surface area contributed by atoms with Gasteiger partial charge in [-0.3, -0.25) is 9.69 Å². The van der Waals surface area contributed by atoms with E-state index in [4.69, 9.17) is 5.11 Å². The molecule has 1 aromatic heterocycles. The highest BCUT2D eigenvalue weighted by atomic mass is 32.1. The van der Waals surface area contributed by atoms with Crippen molar-refractivity contribution in [3.8, 4) is 10.6 Å². The molecule has 1 aliphatic heterocycles. The monoisotopic (exact) mass is 346 g/mol. The van der Waals surface area contributed by atoms with Crippen LogP contribution in [0.3, 0.4) is 0 Å². The summed E-state index contributed by atoms with van der Waals surface area (Å²) in [6, 6.07) is 7.75. The van der Waals surface area contributed by atoms with Gasteiger partial charge in [-0.05, 0) is 24.9 Å². The Bertz CT molecular complexity index is 759. The first kappa shape index (κ1) is 16.6. The Balaban J connectivity index is 1.81. The minimum Gasteiger partial charge on any atom is -0.481 e. The molecule has 2 heterocycles. The summed E-state index contributed by atoms with van der Waals surface area (Å²) in [7, 11) is 0. The number of aliphatic carboxylic acids is 1. The highest BCUT2D eigenvalue weighted by Crippen LogP contribution is 2.29. The van der Waals surface area contributed by atoms with Crippen LogP contribution in [0.5, 0.6) is 0 Å². The van der Waals surface area contributed by atoms with Gasteiger partial charge in [0, 0.05) is 24.0 Å². The molecule has 2 aromatic rings. The third-order valence-corrected chi connectivity index (χ3v) is 5.10. The summed E-state index contributed by atoms with van der Waals surface area (Å²) in [5.41, 5.74) is 2.00. The smallest absolute Gasteiger partial charge is 0.355 e. The van der Waals surface area contributed by atoms with Crippen LogP contribution in [0.25, 0.3) is 10.6 Å². The fraction of sp³-hybridized carbons (Fsp3) is 0.353. The maximum absolute atomic E-state index is 11.2. The second-order valence-corrected chi connectivity index (χ2v) is 6.77. The number of aromatic carboxylic acids is 1. The highest BCUT2D eigenvalue weighted by molar-refractivity contribution is 7.13. The van der Waals surface area contributed by atoms with Crippen molar-refractivity contribution in [2.24, 2.45) is 5.92 Å². The molecule has 1 unspecified atom stereocenters. The van der Waals surface area contributed by atoms with Gasteiger partial charge < -0.3 is 10.2 Å². The third kappa shape index (κ3) is 3.63. The third-order valence-electron chi connectivity index (χ3n) is 4.22. The summed E-state index contributed by atoms with van der Waals surface area (Å²) < 4.78 is 0. The zero-order chi connectivity index (χ0) is 17.1. The predicted octanol–water partition coefficient (Wildman–Crippen LogP) is 2.80. The lowest BCUT2D eigenvalue weighted by molar-refractivity contribution is -0.143. The van der Waals surface area contributed by atoms with E-state index in [0.29, 0.717) is 18.1 Å². The van der Waals surface area contributed by atoms with Crippen LogP contribution in [0, 0.1) is 5.92 Å². The Labute approximate surface area is 143 Å². The number of hydrogen-bond acceptors (Lipinski definition) is 5. The van der Waals surface area contributed by atoms with Gasteiger partial charge in [0.25, 0.3) is 0 Å². The highest BCUT2D eigenvalue weighted by Gasteiger charge is 2.26. The number of likely N-dealkylation sites (tertiary alicyclic amines) is 1. The average molecular weight is 346 g/mol. The van der Waals surface area contributed by atoms with E-state index in [9.17, 15) is 14.7 Å². The number of carbonyl (C=O) groups is 2. The second-order valence-electron chi connectivity index (χ2n) is 5.91. The molecular formula is C17H18N2O4S. The molecule has 1 saturated heterocycles. The summed E-state index contributed by atoms with van der Waals surface area (Å²) in [5.74, 6) is -2.08. The van der Waals surface area contributed by atoms with Gasteiger partial charge in [0.05, 0.1) is 5.92 Å². The summed E-state index contributed by atoms with van der Waals surface area (Å²) >= 11 is 1.31. The van der Waals surface area contributed by atoms with Gasteiger partial charge in [-0.15, -0.1) is 11.3 Å². The predicted molar refractivity (Wildman–Crippen MR) is 90.1 cm³/mol. The number of aromatic nitrogens is 1. The summed E-state index contributed by atoms with van der Waals surface area (Å²) in [6.45, 7) is 2.06. The van der Waals surface area contributed by atoms with Crippen LogP contribution in [-0.4, -0.2) is 45.1 Å². The van der Waals surface area contributed by atoms with E-state index in [1.54, 1.807) is 0 Å². The van der Waals surface area contributed by atoms with Crippen LogP contribution in [-0.2, 0) is 11.3 Å². The number of carboxylic acid groups (broad SMARTS) is 2. The molecule has 24 heavy (non-hydrogen) atoms. The molecule has 1 atom stereocenters. The first-order chi connectivity index (χ1) is 11.5. The summed E-state index contributed by atoms with van der Waals surface area (Å²) in [5, 5.41) is 20.5. The molecule has 0 amide bonds. The van der Waals surface area contributed by atoms with Gasteiger partial charge in [-0.25, -0.2) is 9.78 Å². The minimum absolute atomic E-state index is 0.0497. The molecule has 1 aliphatic rings. The van der Waals surface area contributed by atoms with Gasteiger partial charge in [0.15, 0.2) is 5.69 Å². The van der Waals surface area contributed by atoms with Crippen LogP contribution in [0.2, 0.25) is 0 Å². The fourth-order valence-corrected chi connectivity index (χ4v) is 3.86. The Morgan fingerprint density at radius 1 is 1.29 bits per heavy atom. The number of thiazole rings is 1. The SMILES string of the molecule is O=C(O)c1csc(-c2ccccc2CN2CCCC(C(=O)O)C2)n1. The normalized spacial score (nSPS) is 18.4. The summed E-state index contributed by atoms with van der Waals surface area (Å²) in [4.78, 5) is 28.6. The van der Waals surface area contributed by atoms with E-state index in [2.05, 4.69) is 9.88 Å². The Morgan fingerprint density at radius 2 is 2.08 bits per heavy atom. The average Bonchev–Trinajstić information content (AvgIpc) is 3.06. The maximum Gasteiger partial charge on any atom is 0.355 e. The van der Waals surface area contributed by atoms with Gasteiger partial charge in [0.1, 0.15) is 5.01 Å². The second kappa shape index (κ2) is 7.11. The van der Waals surface area contributed by atoms with Crippen LogP contribution in [0.4, 0.5) is 0 Å². The van der Waals surface area contributed by atoms with Gasteiger partial charge >= 0.3 is 11.9 Å². The zero-order valence-corrected chi connectivity index (χ0v) is 13.8. The standard InChI is InChI=1S/C17H18N2O4S/c20-16(21)12-5-3-7-19(9-12)8-11-4-1-2-6-13(11)15-18-14(10-24-15)17(22)23/h1-2,4,6,10,12H,3,5,7-9H2,(H,20,21)(H,22,23).